The highest BCUT2D eigenvalue weighted by molar-refractivity contribution is 5.79. The molecule has 1 aliphatic carbocycles. The molecule has 0 spiro atoms. The Morgan fingerprint density at radius 3 is 1.63 bits per heavy atom. The van der Waals surface area contributed by atoms with Gasteiger partial charge in [-0.2, -0.15) is 0 Å². The highest BCUT2D eigenvalue weighted by Gasteiger charge is 2.18. The molecule has 0 bridgehead atoms. The normalized spacial score (nSPS) is 13.1. The third-order valence-corrected chi connectivity index (χ3v) is 3.20. The van der Waals surface area contributed by atoms with Gasteiger partial charge in [0, 0.05) is 0 Å². The van der Waals surface area contributed by atoms with Crippen LogP contribution in [0.2, 0.25) is 0 Å². The van der Waals surface area contributed by atoms with Crippen molar-refractivity contribution in [3.8, 4) is 11.1 Å². The summed E-state index contributed by atoms with van der Waals surface area (Å²) in [5, 5.41) is 14.3. The molecule has 6 nitrogen and oxygen atoms in total. The van der Waals surface area contributed by atoms with Crippen LogP contribution >= 0.6 is 0 Å². The molecule has 19 heavy (non-hydrogen) atoms. The maximum atomic E-state index is 5.07. The Morgan fingerprint density at radius 1 is 0.737 bits per heavy atom. The minimum atomic E-state index is 0.760. The quantitative estimate of drug-likeness (QED) is 0.415. The summed E-state index contributed by atoms with van der Waals surface area (Å²) in [5.74, 6) is 10.1. The van der Waals surface area contributed by atoms with E-state index in [2.05, 4.69) is 20.7 Å². The Labute approximate surface area is 109 Å². The van der Waals surface area contributed by atoms with Gasteiger partial charge in [0.1, 0.15) is 0 Å². The second-order valence-corrected chi connectivity index (χ2v) is 4.29. The molecule has 3 rings (SSSR count). The summed E-state index contributed by atoms with van der Waals surface area (Å²) in [6.07, 6.45) is 0.840. The lowest BCUT2D eigenvalue weighted by molar-refractivity contribution is 1.06. The van der Waals surface area contributed by atoms with Crippen LogP contribution in [-0.4, -0.2) is 0 Å². The first-order valence-corrected chi connectivity index (χ1v) is 5.80. The fraction of sp³-hybridized carbons (Fsp3) is 0.0769. The van der Waals surface area contributed by atoms with Crippen molar-refractivity contribution in [3.05, 3.63) is 47.5 Å². The zero-order chi connectivity index (χ0) is 13.2. The van der Waals surface area contributed by atoms with E-state index in [9.17, 15) is 0 Å². The van der Waals surface area contributed by atoms with Crippen LogP contribution in [0.4, 0.5) is 11.4 Å². The first kappa shape index (κ1) is 11.3. The van der Waals surface area contributed by atoms with Gasteiger partial charge < -0.3 is 11.7 Å². The van der Waals surface area contributed by atoms with Gasteiger partial charge in [-0.05, 0) is 52.9 Å². The summed E-state index contributed by atoms with van der Waals surface area (Å²) in [5.41, 5.74) is 6.36. The summed E-state index contributed by atoms with van der Waals surface area (Å²) in [4.78, 5) is 0. The lowest BCUT2D eigenvalue weighted by Crippen LogP contribution is -1.80. The fourth-order valence-electron chi connectivity index (χ4n) is 2.44. The minimum absolute atomic E-state index is 0.760. The molecule has 0 heterocycles. The smallest absolute Gasteiger partial charge is 0.0877 e. The maximum absolute atomic E-state index is 5.07. The zero-order valence-electron chi connectivity index (χ0n) is 10.1. The number of nitrogens with zero attached hydrogens (tertiary/aromatic N) is 4. The van der Waals surface area contributed by atoms with Crippen LogP contribution < -0.4 is 11.7 Å². The maximum Gasteiger partial charge on any atom is 0.0877 e. The Bertz CT molecular complexity index is 630. The standard InChI is InChI=1S/C13H12N6/c14-18-16-10-1-3-12-8(6-10)5-9-7-11(17-19-15)2-4-13(9)12/h1-4,6-7H,5H2,(H2,14,16)(H2,15,17). The summed E-state index contributed by atoms with van der Waals surface area (Å²) in [6.45, 7) is 0. The Morgan fingerprint density at radius 2 is 1.21 bits per heavy atom. The predicted octanol–water partition coefficient (Wildman–Crippen LogP) is 3.17. The molecule has 0 saturated carbocycles. The Kier molecular flexibility index (Phi) is 2.68. The summed E-state index contributed by atoms with van der Waals surface area (Å²) in [6, 6.07) is 11.9. The Hall–Kier alpha value is -2.76. The molecule has 0 saturated heterocycles. The molecule has 0 aliphatic heterocycles. The van der Waals surface area contributed by atoms with Crippen molar-refractivity contribution in [1.29, 1.82) is 0 Å². The van der Waals surface area contributed by atoms with Gasteiger partial charge in [0.05, 0.1) is 11.4 Å². The molecule has 0 fully saturated rings. The van der Waals surface area contributed by atoms with Crippen LogP contribution in [0.15, 0.2) is 57.1 Å². The van der Waals surface area contributed by atoms with Gasteiger partial charge >= 0.3 is 0 Å². The second kappa shape index (κ2) is 4.49. The molecule has 0 unspecified atom stereocenters. The van der Waals surface area contributed by atoms with Crippen LogP contribution in [0.25, 0.3) is 11.1 Å². The predicted molar refractivity (Wildman–Crippen MR) is 72.1 cm³/mol. The van der Waals surface area contributed by atoms with E-state index in [4.69, 9.17) is 11.7 Å². The van der Waals surface area contributed by atoms with Crippen molar-refractivity contribution in [2.45, 2.75) is 6.42 Å². The summed E-state index contributed by atoms with van der Waals surface area (Å²) < 4.78 is 0. The van der Waals surface area contributed by atoms with Crippen molar-refractivity contribution in [2.24, 2.45) is 32.4 Å². The first-order chi connectivity index (χ1) is 9.31. The molecule has 94 valence electrons. The van der Waals surface area contributed by atoms with Crippen molar-refractivity contribution in [3.63, 3.8) is 0 Å². The SMILES string of the molecule is NN=Nc1ccc2c(c1)Cc1cc(N=NN)ccc1-2. The first-order valence-electron chi connectivity index (χ1n) is 5.80. The van der Waals surface area contributed by atoms with Crippen molar-refractivity contribution >= 4 is 11.4 Å². The summed E-state index contributed by atoms with van der Waals surface area (Å²) >= 11 is 0. The van der Waals surface area contributed by atoms with Crippen LogP contribution in [0.1, 0.15) is 11.1 Å². The number of nitrogens with two attached hydrogens (primary N) is 2. The number of rotatable bonds is 2. The average Bonchev–Trinajstić information content (AvgIpc) is 2.76. The van der Waals surface area contributed by atoms with Gasteiger partial charge in [-0.3, -0.25) is 0 Å². The fourth-order valence-corrected chi connectivity index (χ4v) is 2.44. The molecule has 1 aliphatic rings. The van der Waals surface area contributed by atoms with Gasteiger partial charge in [-0.25, -0.2) is 0 Å². The van der Waals surface area contributed by atoms with E-state index >= 15 is 0 Å². The molecule has 0 amide bonds. The van der Waals surface area contributed by atoms with Gasteiger partial charge in [0.25, 0.3) is 0 Å². The van der Waals surface area contributed by atoms with Gasteiger partial charge in [0.15, 0.2) is 0 Å². The highest BCUT2D eigenvalue weighted by Crippen LogP contribution is 2.39. The van der Waals surface area contributed by atoms with E-state index in [1.807, 2.05) is 36.4 Å². The molecule has 4 N–H and O–H groups in total. The number of fused-ring (bicyclic) bond motifs is 3. The van der Waals surface area contributed by atoms with E-state index in [1.54, 1.807) is 0 Å². The lowest BCUT2D eigenvalue weighted by Gasteiger charge is -2.01. The number of hydrogen-bond acceptors (Lipinski definition) is 4. The van der Waals surface area contributed by atoms with E-state index in [0.717, 1.165) is 17.8 Å². The van der Waals surface area contributed by atoms with Crippen LogP contribution in [0, 0.1) is 0 Å². The monoisotopic (exact) mass is 252 g/mol. The lowest BCUT2D eigenvalue weighted by atomic mass is 10.1. The molecule has 6 heteroatoms. The van der Waals surface area contributed by atoms with Crippen molar-refractivity contribution in [2.75, 3.05) is 0 Å². The molecule has 0 radical (unpaired) electrons. The largest absolute Gasteiger partial charge is 0.305 e. The third-order valence-electron chi connectivity index (χ3n) is 3.20. The number of hydrogen-bond donors (Lipinski definition) is 2. The van der Waals surface area contributed by atoms with Gasteiger partial charge in [0.2, 0.25) is 0 Å². The Balaban J connectivity index is 2.05. The van der Waals surface area contributed by atoms with Gasteiger partial charge in [-0.15, -0.1) is 10.2 Å². The van der Waals surface area contributed by atoms with Crippen LogP contribution in [0.3, 0.4) is 0 Å². The van der Waals surface area contributed by atoms with Crippen molar-refractivity contribution < 1.29 is 0 Å². The van der Waals surface area contributed by atoms with E-state index in [0.29, 0.717) is 0 Å². The third kappa shape index (κ3) is 1.93. The topological polar surface area (TPSA) is 101 Å². The molecule has 2 aromatic rings. The molecule has 0 atom stereocenters. The van der Waals surface area contributed by atoms with E-state index in [1.165, 1.54) is 22.3 Å². The zero-order valence-corrected chi connectivity index (χ0v) is 10.1. The molecular formula is C13H12N6. The van der Waals surface area contributed by atoms with Crippen molar-refractivity contribution in [1.82, 2.24) is 0 Å². The number of benzene rings is 2. The second-order valence-electron chi connectivity index (χ2n) is 4.29. The van der Waals surface area contributed by atoms with Gasteiger partial charge in [-0.1, -0.05) is 22.6 Å². The van der Waals surface area contributed by atoms with Crippen LogP contribution in [-0.2, 0) is 6.42 Å². The molecule has 2 aromatic carbocycles. The van der Waals surface area contributed by atoms with Crippen LogP contribution in [0.5, 0.6) is 0 Å². The minimum Gasteiger partial charge on any atom is -0.305 e. The summed E-state index contributed by atoms with van der Waals surface area (Å²) in [7, 11) is 0. The highest BCUT2D eigenvalue weighted by atomic mass is 15.3. The van der Waals surface area contributed by atoms with E-state index in [-0.39, 0.29) is 0 Å². The molecular weight excluding hydrogens is 240 g/mol. The average molecular weight is 252 g/mol. The molecule has 0 aromatic heterocycles. The van der Waals surface area contributed by atoms with E-state index < -0.39 is 0 Å².